The van der Waals surface area contributed by atoms with E-state index in [2.05, 4.69) is 10.5 Å². The number of amides is 1. The zero-order chi connectivity index (χ0) is 11.1. The maximum absolute atomic E-state index is 10.9. The Labute approximate surface area is 80.2 Å². The van der Waals surface area contributed by atoms with Crippen LogP contribution in [-0.4, -0.2) is 34.8 Å². The van der Waals surface area contributed by atoms with Crippen molar-refractivity contribution in [2.75, 3.05) is 7.05 Å². The van der Waals surface area contributed by atoms with Crippen LogP contribution in [0.1, 0.15) is 6.92 Å². The normalized spacial score (nSPS) is 14.0. The fraction of sp³-hybridized carbons (Fsp3) is 0.429. The molecule has 1 amide bonds. The van der Waals surface area contributed by atoms with Gasteiger partial charge >= 0.3 is 0 Å². The van der Waals surface area contributed by atoms with Gasteiger partial charge in [0.15, 0.2) is 5.71 Å². The number of hydrogen-bond donors (Lipinski definition) is 2. The van der Waals surface area contributed by atoms with Crippen molar-refractivity contribution in [1.29, 1.82) is 0 Å². The summed E-state index contributed by atoms with van der Waals surface area (Å²) in [6.07, 6.45) is 2.25. The zero-order valence-electron chi connectivity index (χ0n) is 7.80. The van der Waals surface area contributed by atoms with Crippen molar-refractivity contribution in [1.82, 2.24) is 5.32 Å². The van der Waals surface area contributed by atoms with E-state index in [0.29, 0.717) is 0 Å². The molecule has 0 aliphatic rings. The predicted molar refractivity (Wildman–Crippen MR) is 48.9 cm³/mol. The van der Waals surface area contributed by atoms with Crippen molar-refractivity contribution >= 4 is 11.6 Å². The van der Waals surface area contributed by atoms with Crippen molar-refractivity contribution in [3.63, 3.8) is 0 Å². The Bertz CT molecular complexity index is 285. The highest BCUT2D eigenvalue weighted by atomic mass is 16.6. The molecule has 0 saturated heterocycles. The molecule has 0 aliphatic carbocycles. The first-order valence-electron chi connectivity index (χ1n) is 3.78. The zero-order valence-corrected chi connectivity index (χ0v) is 7.80. The van der Waals surface area contributed by atoms with E-state index >= 15 is 0 Å². The van der Waals surface area contributed by atoms with E-state index in [4.69, 9.17) is 5.21 Å². The smallest absolute Gasteiger partial charge is 0.273 e. The number of nitrogens with zero attached hydrogens (tertiary/aromatic N) is 2. The topological polar surface area (TPSA) is 105 Å². The maximum Gasteiger partial charge on any atom is 0.273 e. The minimum atomic E-state index is -0.934. The minimum Gasteiger partial charge on any atom is -0.410 e. The number of carbonyl (C=O) groups excluding carboxylic acids is 1. The number of nitrogens with one attached hydrogen (secondary N) is 1. The van der Waals surface area contributed by atoms with Crippen molar-refractivity contribution in [2.45, 2.75) is 13.0 Å². The maximum atomic E-state index is 10.9. The van der Waals surface area contributed by atoms with E-state index in [1.807, 2.05) is 0 Å². The highest BCUT2D eigenvalue weighted by Crippen LogP contribution is 1.92. The van der Waals surface area contributed by atoms with Crippen LogP contribution in [-0.2, 0) is 4.79 Å². The third-order valence-corrected chi connectivity index (χ3v) is 1.43. The first-order chi connectivity index (χ1) is 6.52. The molecular weight excluding hydrogens is 190 g/mol. The average Bonchev–Trinajstić information content (AvgIpc) is 2.17. The molecule has 0 spiro atoms. The van der Waals surface area contributed by atoms with Gasteiger partial charge in [0, 0.05) is 18.9 Å². The quantitative estimate of drug-likeness (QED) is 0.284. The summed E-state index contributed by atoms with van der Waals surface area (Å²) in [6.45, 7) is 1.34. The monoisotopic (exact) mass is 201 g/mol. The molecule has 0 fully saturated rings. The largest absolute Gasteiger partial charge is 0.410 e. The number of carbonyl (C=O) groups is 1. The summed E-state index contributed by atoms with van der Waals surface area (Å²) < 4.78 is 0. The van der Waals surface area contributed by atoms with E-state index < -0.39 is 16.9 Å². The second kappa shape index (κ2) is 5.68. The summed E-state index contributed by atoms with van der Waals surface area (Å²) in [4.78, 5) is 20.6. The lowest BCUT2D eigenvalue weighted by Gasteiger charge is -1.97. The van der Waals surface area contributed by atoms with Crippen LogP contribution in [0.25, 0.3) is 0 Å². The molecule has 14 heavy (non-hydrogen) atoms. The van der Waals surface area contributed by atoms with Gasteiger partial charge in [-0.05, 0) is 12.2 Å². The molecule has 0 aliphatic heterocycles. The molecule has 0 bridgehead atoms. The predicted octanol–water partition coefficient (Wildman–Crippen LogP) is -0.216. The molecule has 0 aromatic rings. The molecule has 0 aromatic carbocycles. The first-order valence-corrected chi connectivity index (χ1v) is 3.78. The third kappa shape index (κ3) is 3.65. The molecule has 0 saturated carbocycles. The minimum absolute atomic E-state index is 0.277. The van der Waals surface area contributed by atoms with Crippen molar-refractivity contribution in [3.05, 3.63) is 22.3 Å². The molecule has 1 unspecified atom stereocenters. The highest BCUT2D eigenvalue weighted by Gasteiger charge is 2.10. The van der Waals surface area contributed by atoms with Crippen LogP contribution in [0.4, 0.5) is 0 Å². The molecule has 7 nitrogen and oxygen atoms in total. The van der Waals surface area contributed by atoms with Gasteiger partial charge in [-0.2, -0.15) is 0 Å². The van der Waals surface area contributed by atoms with Gasteiger partial charge < -0.3 is 10.5 Å². The van der Waals surface area contributed by atoms with Crippen LogP contribution in [0, 0.1) is 10.1 Å². The van der Waals surface area contributed by atoms with Crippen molar-refractivity contribution in [2.24, 2.45) is 5.16 Å². The number of oxime groups is 1. The van der Waals surface area contributed by atoms with E-state index in [1.54, 1.807) is 0 Å². The summed E-state index contributed by atoms with van der Waals surface area (Å²) in [7, 11) is 1.36. The summed E-state index contributed by atoms with van der Waals surface area (Å²) >= 11 is 0. The van der Waals surface area contributed by atoms with Crippen LogP contribution in [0.5, 0.6) is 0 Å². The third-order valence-electron chi connectivity index (χ3n) is 1.43. The molecule has 7 heteroatoms. The Morgan fingerprint density at radius 3 is 2.64 bits per heavy atom. The molecule has 0 rings (SSSR count). The summed E-state index contributed by atoms with van der Waals surface area (Å²) in [5.74, 6) is -0.612. The Hall–Kier alpha value is -1.92. The van der Waals surface area contributed by atoms with Gasteiger partial charge in [-0.3, -0.25) is 14.9 Å². The van der Waals surface area contributed by atoms with Gasteiger partial charge in [0.25, 0.3) is 5.91 Å². The van der Waals surface area contributed by atoms with Crippen LogP contribution in [0.3, 0.4) is 0 Å². The van der Waals surface area contributed by atoms with Crippen LogP contribution in [0.2, 0.25) is 0 Å². The summed E-state index contributed by atoms with van der Waals surface area (Å²) in [5, 5.41) is 23.5. The fourth-order valence-corrected chi connectivity index (χ4v) is 0.583. The van der Waals surface area contributed by atoms with E-state index in [1.165, 1.54) is 14.0 Å². The van der Waals surface area contributed by atoms with E-state index in [9.17, 15) is 14.9 Å². The van der Waals surface area contributed by atoms with Crippen molar-refractivity contribution in [3.8, 4) is 0 Å². The van der Waals surface area contributed by atoms with Gasteiger partial charge in [0.1, 0.15) is 0 Å². The molecule has 0 heterocycles. The first kappa shape index (κ1) is 12.1. The second-order valence-corrected chi connectivity index (χ2v) is 2.45. The molecule has 0 aromatic heterocycles. The number of nitro groups is 1. The highest BCUT2D eigenvalue weighted by molar-refractivity contribution is 6.43. The summed E-state index contributed by atoms with van der Waals surface area (Å²) in [5.41, 5.74) is -0.277. The van der Waals surface area contributed by atoms with Crippen LogP contribution in [0.15, 0.2) is 17.3 Å². The second-order valence-electron chi connectivity index (χ2n) is 2.45. The lowest BCUT2D eigenvalue weighted by atomic mass is 10.2. The fourth-order valence-electron chi connectivity index (χ4n) is 0.583. The Balaban J connectivity index is 4.48. The number of rotatable bonds is 4. The lowest BCUT2D eigenvalue weighted by Crippen LogP contribution is -2.26. The van der Waals surface area contributed by atoms with Crippen LogP contribution < -0.4 is 5.32 Å². The Morgan fingerprint density at radius 1 is 1.71 bits per heavy atom. The van der Waals surface area contributed by atoms with Crippen molar-refractivity contribution < 1.29 is 14.9 Å². The van der Waals surface area contributed by atoms with Gasteiger partial charge in [0.05, 0.1) is 0 Å². The van der Waals surface area contributed by atoms with E-state index in [0.717, 1.165) is 12.2 Å². The lowest BCUT2D eigenvalue weighted by molar-refractivity contribution is -0.504. The molecule has 0 radical (unpaired) electrons. The van der Waals surface area contributed by atoms with Gasteiger partial charge in [0.2, 0.25) is 6.04 Å². The van der Waals surface area contributed by atoms with Gasteiger partial charge in [-0.1, -0.05) is 5.16 Å². The Morgan fingerprint density at radius 2 is 2.29 bits per heavy atom. The van der Waals surface area contributed by atoms with Gasteiger partial charge in [-0.25, -0.2) is 0 Å². The van der Waals surface area contributed by atoms with E-state index in [-0.39, 0.29) is 5.71 Å². The molecule has 2 N–H and O–H groups in total. The molecule has 78 valence electrons. The number of hydrogen-bond acceptors (Lipinski definition) is 5. The molecule has 1 atom stereocenters. The van der Waals surface area contributed by atoms with Gasteiger partial charge in [-0.15, -0.1) is 0 Å². The summed E-state index contributed by atoms with van der Waals surface area (Å²) in [6, 6.07) is -0.934. The average molecular weight is 201 g/mol. The molecular formula is C7H11N3O4. The van der Waals surface area contributed by atoms with Crippen LogP contribution >= 0.6 is 0 Å². The Kier molecular flexibility index (Phi) is 4.90. The standard InChI is InChI=1S/C7H11N3O4/c1-5(10(13)14)3-4-6(9-12)7(11)8-2/h3-5,12H,1-2H3,(H,8,11)/b4-3+,9-6-. The SMILES string of the molecule is CNC(=O)C(/C=C/C(C)[N+](=O)[O-])=N\O.